The first-order chi connectivity index (χ1) is 12.1. The average molecular weight is 343 g/mol. The molecule has 1 aliphatic heterocycles. The molecular weight excluding hydrogens is 322 g/mol. The average Bonchev–Trinajstić information content (AvgIpc) is 3.43. The summed E-state index contributed by atoms with van der Waals surface area (Å²) in [7, 11) is 1.36. The van der Waals surface area contributed by atoms with Gasteiger partial charge >= 0.3 is 5.97 Å². The molecule has 7 heteroatoms. The number of hydrogen-bond acceptors (Lipinski definition) is 6. The van der Waals surface area contributed by atoms with Crippen LogP contribution in [-0.2, 0) is 9.53 Å². The van der Waals surface area contributed by atoms with E-state index in [0.717, 1.165) is 31.4 Å². The number of likely N-dealkylation sites (tertiary alicyclic amines) is 1. The Balaban J connectivity index is 1.78. The maximum absolute atomic E-state index is 13.3. The number of methoxy groups -OCH3 is 1. The third-order valence-corrected chi connectivity index (χ3v) is 5.10. The number of carbonyl (C=O) groups excluding carboxylic acids is 2. The van der Waals surface area contributed by atoms with Gasteiger partial charge in [-0.15, -0.1) is 0 Å². The Labute approximate surface area is 145 Å². The third kappa shape index (κ3) is 2.77. The minimum Gasteiger partial charge on any atom is -0.467 e. The van der Waals surface area contributed by atoms with Gasteiger partial charge < -0.3 is 14.2 Å². The quantitative estimate of drug-likeness (QED) is 0.796. The predicted molar refractivity (Wildman–Crippen MR) is 89.2 cm³/mol. The van der Waals surface area contributed by atoms with Gasteiger partial charge in [-0.1, -0.05) is 5.16 Å². The summed E-state index contributed by atoms with van der Waals surface area (Å²) < 4.78 is 10.2. The molecule has 1 amide bonds. The van der Waals surface area contributed by atoms with Crippen molar-refractivity contribution in [3.05, 3.63) is 23.0 Å². The van der Waals surface area contributed by atoms with Crippen LogP contribution in [0.2, 0.25) is 0 Å². The first-order valence-corrected chi connectivity index (χ1v) is 8.76. The summed E-state index contributed by atoms with van der Waals surface area (Å²) in [4.78, 5) is 31.6. The molecule has 0 radical (unpaired) electrons. The van der Waals surface area contributed by atoms with E-state index in [9.17, 15) is 9.59 Å². The van der Waals surface area contributed by atoms with E-state index in [1.807, 2.05) is 6.07 Å². The minimum atomic E-state index is -0.529. The van der Waals surface area contributed by atoms with Gasteiger partial charge in [0, 0.05) is 18.2 Å². The second-order valence-corrected chi connectivity index (χ2v) is 6.85. The number of nitrogens with zero attached hydrogens (tertiary/aromatic N) is 3. The zero-order valence-corrected chi connectivity index (χ0v) is 14.4. The molecule has 1 aliphatic carbocycles. The fraction of sp³-hybridized carbons (Fsp3) is 0.556. The van der Waals surface area contributed by atoms with Crippen LogP contribution >= 0.6 is 0 Å². The number of aromatic nitrogens is 2. The monoisotopic (exact) mass is 343 g/mol. The highest BCUT2D eigenvalue weighted by atomic mass is 16.5. The van der Waals surface area contributed by atoms with Crippen LogP contribution in [-0.4, -0.2) is 46.6 Å². The normalized spacial score (nSPS) is 20.7. The second-order valence-electron chi connectivity index (χ2n) is 6.85. The predicted octanol–water partition coefficient (Wildman–Crippen LogP) is 2.58. The van der Waals surface area contributed by atoms with Gasteiger partial charge in [-0.05, 0) is 45.1 Å². The third-order valence-electron chi connectivity index (χ3n) is 5.10. The lowest BCUT2D eigenvalue weighted by Crippen LogP contribution is -2.48. The number of amides is 1. The van der Waals surface area contributed by atoms with Crippen molar-refractivity contribution in [1.82, 2.24) is 15.0 Å². The molecule has 2 fully saturated rings. The molecule has 0 spiro atoms. The number of esters is 1. The van der Waals surface area contributed by atoms with Crippen molar-refractivity contribution in [3.63, 3.8) is 0 Å². The summed E-state index contributed by atoms with van der Waals surface area (Å²) in [5.41, 5.74) is 2.44. The van der Waals surface area contributed by atoms with Crippen molar-refractivity contribution in [2.24, 2.45) is 0 Å². The molecule has 2 aliphatic rings. The molecular formula is C18H21N3O4. The van der Waals surface area contributed by atoms with Gasteiger partial charge in [-0.2, -0.15) is 0 Å². The van der Waals surface area contributed by atoms with E-state index in [2.05, 4.69) is 10.1 Å². The van der Waals surface area contributed by atoms with Gasteiger partial charge in [0.05, 0.1) is 23.8 Å². The highest BCUT2D eigenvalue weighted by Gasteiger charge is 2.36. The van der Waals surface area contributed by atoms with E-state index in [4.69, 9.17) is 9.26 Å². The van der Waals surface area contributed by atoms with Crippen LogP contribution in [0.15, 0.2) is 10.6 Å². The van der Waals surface area contributed by atoms with E-state index in [1.165, 1.54) is 7.11 Å². The number of fused-ring (bicyclic) bond motifs is 1. The molecule has 0 aromatic carbocycles. The molecule has 25 heavy (non-hydrogen) atoms. The zero-order valence-electron chi connectivity index (χ0n) is 14.4. The highest BCUT2D eigenvalue weighted by molar-refractivity contribution is 6.07. The molecule has 1 saturated carbocycles. The van der Waals surface area contributed by atoms with E-state index < -0.39 is 6.04 Å². The molecule has 3 heterocycles. The van der Waals surface area contributed by atoms with Crippen LogP contribution in [0.3, 0.4) is 0 Å². The molecule has 4 rings (SSSR count). The van der Waals surface area contributed by atoms with E-state index in [0.29, 0.717) is 41.2 Å². The lowest BCUT2D eigenvalue weighted by Gasteiger charge is -2.34. The van der Waals surface area contributed by atoms with Crippen molar-refractivity contribution >= 4 is 23.0 Å². The Morgan fingerprint density at radius 2 is 2.08 bits per heavy atom. The topological polar surface area (TPSA) is 85.5 Å². The molecule has 2 aromatic heterocycles. The largest absolute Gasteiger partial charge is 0.467 e. The number of hydrogen-bond donors (Lipinski definition) is 0. The molecule has 1 atom stereocenters. The summed E-state index contributed by atoms with van der Waals surface area (Å²) in [5.74, 6) is -0.141. The molecule has 0 bridgehead atoms. The molecule has 0 N–H and O–H groups in total. The van der Waals surface area contributed by atoms with Crippen molar-refractivity contribution in [3.8, 4) is 0 Å². The number of piperidine rings is 1. The van der Waals surface area contributed by atoms with Gasteiger partial charge in [-0.3, -0.25) is 4.79 Å². The second kappa shape index (κ2) is 6.13. The number of carbonyl (C=O) groups is 2. The Hall–Kier alpha value is -2.44. The molecule has 132 valence electrons. The lowest BCUT2D eigenvalue weighted by molar-refractivity contribution is -0.147. The molecule has 2 aromatic rings. The van der Waals surface area contributed by atoms with Crippen LogP contribution in [0, 0.1) is 6.92 Å². The summed E-state index contributed by atoms with van der Waals surface area (Å²) in [6.45, 7) is 2.35. The van der Waals surface area contributed by atoms with Crippen LogP contribution in [0.4, 0.5) is 0 Å². The summed E-state index contributed by atoms with van der Waals surface area (Å²) in [5, 5.41) is 4.62. The van der Waals surface area contributed by atoms with Gasteiger partial charge in [-0.25, -0.2) is 9.78 Å². The Kier molecular flexibility index (Phi) is 3.94. The van der Waals surface area contributed by atoms with Crippen molar-refractivity contribution < 1.29 is 18.8 Å². The van der Waals surface area contributed by atoms with Crippen molar-refractivity contribution in [1.29, 1.82) is 0 Å². The van der Waals surface area contributed by atoms with E-state index in [1.54, 1.807) is 11.8 Å². The van der Waals surface area contributed by atoms with Crippen molar-refractivity contribution in [2.45, 2.75) is 51.0 Å². The van der Waals surface area contributed by atoms with Gasteiger partial charge in [0.2, 0.25) is 0 Å². The standard InChI is InChI=1S/C18H21N3O4/c1-10-15-12(9-13(11-6-7-11)19-16(15)25-20-10)17(22)21-8-4-3-5-14(21)18(23)24-2/h9,11,14H,3-8H2,1-2H3. The maximum Gasteiger partial charge on any atom is 0.328 e. The van der Waals surface area contributed by atoms with E-state index in [-0.39, 0.29) is 11.9 Å². The summed E-state index contributed by atoms with van der Waals surface area (Å²) >= 11 is 0. The van der Waals surface area contributed by atoms with Gasteiger partial charge in [0.1, 0.15) is 6.04 Å². The summed E-state index contributed by atoms with van der Waals surface area (Å²) in [6, 6.07) is 1.33. The van der Waals surface area contributed by atoms with E-state index >= 15 is 0 Å². The van der Waals surface area contributed by atoms with Gasteiger partial charge in [0.25, 0.3) is 11.6 Å². The molecule has 7 nitrogen and oxygen atoms in total. The highest BCUT2D eigenvalue weighted by Crippen LogP contribution is 2.40. The number of ether oxygens (including phenoxy) is 1. The Bertz CT molecular complexity index is 840. The maximum atomic E-state index is 13.3. The van der Waals surface area contributed by atoms with Crippen LogP contribution in [0.25, 0.3) is 11.1 Å². The minimum absolute atomic E-state index is 0.171. The lowest BCUT2D eigenvalue weighted by atomic mass is 9.99. The summed E-state index contributed by atoms with van der Waals surface area (Å²) in [6.07, 6.45) is 4.58. The van der Waals surface area contributed by atoms with Crippen LogP contribution in [0.1, 0.15) is 59.8 Å². The number of aryl methyl sites for hydroxylation is 1. The van der Waals surface area contributed by atoms with Crippen LogP contribution < -0.4 is 0 Å². The fourth-order valence-corrected chi connectivity index (χ4v) is 3.58. The Morgan fingerprint density at radius 1 is 1.28 bits per heavy atom. The molecule has 1 unspecified atom stereocenters. The first kappa shape index (κ1) is 16.1. The number of pyridine rings is 1. The SMILES string of the molecule is COC(=O)C1CCCCN1C(=O)c1cc(C2CC2)nc2onc(C)c12. The Morgan fingerprint density at radius 3 is 2.80 bits per heavy atom. The fourth-order valence-electron chi connectivity index (χ4n) is 3.58. The van der Waals surface area contributed by atoms with Gasteiger partial charge in [0.15, 0.2) is 0 Å². The van der Waals surface area contributed by atoms with Crippen molar-refractivity contribution in [2.75, 3.05) is 13.7 Å². The van der Waals surface area contributed by atoms with Crippen LogP contribution in [0.5, 0.6) is 0 Å². The first-order valence-electron chi connectivity index (χ1n) is 8.76. The molecule has 1 saturated heterocycles. The zero-order chi connectivity index (χ0) is 17.6. The smallest absolute Gasteiger partial charge is 0.328 e. The number of rotatable bonds is 3.